The summed E-state index contributed by atoms with van der Waals surface area (Å²) in [4.78, 5) is 14.6. The molecular weight excluding hydrogens is 321 g/mol. The number of benzene rings is 1. The summed E-state index contributed by atoms with van der Waals surface area (Å²) < 4.78 is 14.9. The molecule has 1 aliphatic heterocycles. The van der Waals surface area contributed by atoms with E-state index in [1.54, 1.807) is 21.7 Å². The average Bonchev–Trinajstić information content (AvgIpc) is 3.08. The third-order valence-corrected chi connectivity index (χ3v) is 5.31. The highest BCUT2D eigenvalue weighted by molar-refractivity contribution is 5.84. The zero-order valence-corrected chi connectivity index (χ0v) is 15.1. The summed E-state index contributed by atoms with van der Waals surface area (Å²) in [6.45, 7) is 6.45. The van der Waals surface area contributed by atoms with Gasteiger partial charge in [0.25, 0.3) is 0 Å². The molecule has 0 spiro atoms. The molecule has 1 amide bonds. The Morgan fingerprint density at radius 3 is 2.52 bits per heavy atom. The van der Waals surface area contributed by atoms with Gasteiger partial charge in [-0.3, -0.25) is 9.48 Å². The van der Waals surface area contributed by atoms with E-state index < -0.39 is 5.60 Å². The lowest BCUT2D eigenvalue weighted by atomic mass is 9.93. The highest BCUT2D eigenvalue weighted by Gasteiger charge is 2.41. The maximum atomic E-state index is 13.1. The predicted octanol–water partition coefficient (Wildman–Crippen LogP) is 2.40. The molecule has 1 aliphatic rings. The Morgan fingerprint density at radius 2 is 1.96 bits per heavy atom. The van der Waals surface area contributed by atoms with Crippen LogP contribution in [0.5, 0.6) is 0 Å². The minimum atomic E-state index is -1.12. The third-order valence-electron chi connectivity index (χ3n) is 5.31. The Kier molecular flexibility index (Phi) is 4.41. The zero-order chi connectivity index (χ0) is 18.4. The summed E-state index contributed by atoms with van der Waals surface area (Å²) in [6.07, 6.45) is 0.447. The average molecular weight is 345 g/mol. The van der Waals surface area contributed by atoms with E-state index in [1.807, 2.05) is 27.8 Å². The number of aromatic nitrogens is 2. The molecule has 0 bridgehead atoms. The molecular formula is C19H24FN3O2. The molecule has 1 fully saturated rings. The Morgan fingerprint density at radius 1 is 1.32 bits per heavy atom. The van der Waals surface area contributed by atoms with Crippen molar-refractivity contribution >= 4 is 5.91 Å². The van der Waals surface area contributed by atoms with Crippen molar-refractivity contribution in [3.63, 3.8) is 0 Å². The quantitative estimate of drug-likeness (QED) is 0.929. The van der Waals surface area contributed by atoms with Crippen LogP contribution < -0.4 is 0 Å². The van der Waals surface area contributed by atoms with E-state index in [0.29, 0.717) is 18.5 Å². The number of amides is 1. The number of aryl methyl sites for hydroxylation is 2. The largest absolute Gasteiger partial charge is 0.383 e. The Hall–Kier alpha value is -2.21. The number of β-amino-alcohol motifs (C(OH)–C–C–N with tert-alkyl or cyclic N) is 1. The van der Waals surface area contributed by atoms with E-state index >= 15 is 0 Å². The first-order valence-electron chi connectivity index (χ1n) is 8.50. The molecule has 5 nitrogen and oxygen atoms in total. The molecule has 3 rings (SSSR count). The van der Waals surface area contributed by atoms with Crippen molar-refractivity contribution in [2.75, 3.05) is 13.1 Å². The van der Waals surface area contributed by atoms with Crippen molar-refractivity contribution in [1.29, 1.82) is 0 Å². The van der Waals surface area contributed by atoms with E-state index in [1.165, 1.54) is 12.1 Å². The van der Waals surface area contributed by atoms with Crippen LogP contribution in [-0.4, -0.2) is 38.8 Å². The van der Waals surface area contributed by atoms with Crippen LogP contribution in [0.2, 0.25) is 0 Å². The number of aliphatic hydroxyl groups is 1. The van der Waals surface area contributed by atoms with Crippen LogP contribution in [0.3, 0.4) is 0 Å². The van der Waals surface area contributed by atoms with Gasteiger partial charge in [-0.05, 0) is 44.9 Å². The van der Waals surface area contributed by atoms with Gasteiger partial charge in [-0.2, -0.15) is 5.10 Å². The maximum Gasteiger partial charge on any atom is 0.230 e. The molecule has 0 radical (unpaired) electrons. The van der Waals surface area contributed by atoms with Crippen LogP contribution in [0.1, 0.15) is 41.8 Å². The van der Waals surface area contributed by atoms with Gasteiger partial charge in [-0.15, -0.1) is 0 Å². The number of rotatable bonds is 3. The second-order valence-electron chi connectivity index (χ2n) is 6.98. The fourth-order valence-electron chi connectivity index (χ4n) is 3.79. The highest BCUT2D eigenvalue weighted by Crippen LogP contribution is 2.34. The summed E-state index contributed by atoms with van der Waals surface area (Å²) >= 11 is 0. The minimum Gasteiger partial charge on any atom is -0.383 e. The molecule has 134 valence electrons. The smallest absolute Gasteiger partial charge is 0.230 e. The van der Waals surface area contributed by atoms with E-state index in [4.69, 9.17) is 0 Å². The van der Waals surface area contributed by atoms with E-state index in [9.17, 15) is 14.3 Å². The summed E-state index contributed by atoms with van der Waals surface area (Å²) in [5, 5.41) is 15.3. The first-order chi connectivity index (χ1) is 11.7. The van der Waals surface area contributed by atoms with Crippen molar-refractivity contribution in [2.45, 2.75) is 38.7 Å². The molecule has 0 saturated carbocycles. The zero-order valence-electron chi connectivity index (χ0n) is 15.1. The molecule has 25 heavy (non-hydrogen) atoms. The van der Waals surface area contributed by atoms with Gasteiger partial charge in [0.05, 0.1) is 18.2 Å². The Labute approximate surface area is 147 Å². The molecule has 2 heterocycles. The number of carbonyl (C=O) groups is 1. The number of hydrogen-bond donors (Lipinski definition) is 1. The van der Waals surface area contributed by atoms with Gasteiger partial charge >= 0.3 is 0 Å². The maximum absolute atomic E-state index is 13.1. The van der Waals surface area contributed by atoms with E-state index in [-0.39, 0.29) is 24.2 Å². The number of likely N-dealkylation sites (tertiary alicyclic amines) is 1. The molecule has 2 aromatic rings. The molecule has 6 heteroatoms. The topological polar surface area (TPSA) is 58.4 Å². The Balaban J connectivity index is 1.79. The lowest BCUT2D eigenvalue weighted by Crippen LogP contribution is -2.36. The van der Waals surface area contributed by atoms with Gasteiger partial charge in [-0.25, -0.2) is 4.39 Å². The first kappa shape index (κ1) is 17.6. The van der Waals surface area contributed by atoms with Gasteiger partial charge < -0.3 is 10.0 Å². The lowest BCUT2D eigenvalue weighted by molar-refractivity contribution is -0.132. The van der Waals surface area contributed by atoms with Crippen LogP contribution >= 0.6 is 0 Å². The minimum absolute atomic E-state index is 0.0164. The number of halogens is 1. The van der Waals surface area contributed by atoms with Gasteiger partial charge in [0.1, 0.15) is 11.4 Å². The highest BCUT2D eigenvalue weighted by atomic mass is 19.1. The van der Waals surface area contributed by atoms with Gasteiger partial charge in [0.2, 0.25) is 5.91 Å². The van der Waals surface area contributed by atoms with Gasteiger partial charge in [0.15, 0.2) is 0 Å². The van der Waals surface area contributed by atoms with Crippen molar-refractivity contribution in [3.05, 3.63) is 52.6 Å². The summed E-state index contributed by atoms with van der Waals surface area (Å²) in [6, 6.07) is 5.84. The number of hydrogen-bond acceptors (Lipinski definition) is 3. The number of carbonyl (C=O) groups excluding carboxylic acids is 1. The standard InChI is InChI=1S/C19H24FN3O2/c1-12(17-13(2)21-22(4)14(17)3)18(24)23-10-9-19(25,11-23)15-5-7-16(20)8-6-15/h5-8,12,25H,9-11H2,1-4H3. The third kappa shape index (κ3) is 3.06. The lowest BCUT2D eigenvalue weighted by Gasteiger charge is -2.25. The first-order valence-corrected chi connectivity index (χ1v) is 8.50. The summed E-state index contributed by atoms with van der Waals surface area (Å²) in [7, 11) is 1.87. The van der Waals surface area contributed by atoms with Crippen molar-refractivity contribution in [2.24, 2.45) is 7.05 Å². The van der Waals surface area contributed by atoms with Gasteiger partial charge in [-0.1, -0.05) is 12.1 Å². The normalized spacial score (nSPS) is 21.6. The van der Waals surface area contributed by atoms with Gasteiger partial charge in [0, 0.05) is 24.8 Å². The predicted molar refractivity (Wildman–Crippen MR) is 92.6 cm³/mol. The molecule has 0 aliphatic carbocycles. The summed E-state index contributed by atoms with van der Waals surface area (Å²) in [5.41, 5.74) is 2.30. The molecule has 1 N–H and O–H groups in total. The summed E-state index contributed by atoms with van der Waals surface area (Å²) in [5.74, 6) is -0.670. The monoisotopic (exact) mass is 345 g/mol. The number of nitrogens with zero attached hydrogens (tertiary/aromatic N) is 3. The van der Waals surface area contributed by atoms with E-state index in [2.05, 4.69) is 5.10 Å². The van der Waals surface area contributed by atoms with Crippen LogP contribution in [0.15, 0.2) is 24.3 Å². The van der Waals surface area contributed by atoms with Crippen molar-refractivity contribution in [3.8, 4) is 0 Å². The fraction of sp³-hybridized carbons (Fsp3) is 0.474. The van der Waals surface area contributed by atoms with Crippen LogP contribution in [0.4, 0.5) is 4.39 Å². The fourth-order valence-corrected chi connectivity index (χ4v) is 3.79. The Bertz CT molecular complexity index is 800. The van der Waals surface area contributed by atoms with Crippen molar-refractivity contribution in [1.82, 2.24) is 14.7 Å². The van der Waals surface area contributed by atoms with Crippen LogP contribution in [-0.2, 0) is 17.4 Å². The molecule has 1 saturated heterocycles. The molecule has 1 aromatic carbocycles. The van der Waals surface area contributed by atoms with Crippen LogP contribution in [0, 0.1) is 19.7 Å². The van der Waals surface area contributed by atoms with Crippen LogP contribution in [0.25, 0.3) is 0 Å². The second kappa shape index (κ2) is 6.26. The molecule has 1 aromatic heterocycles. The molecule has 2 unspecified atom stereocenters. The van der Waals surface area contributed by atoms with E-state index in [0.717, 1.165) is 17.0 Å². The molecule has 2 atom stereocenters. The van der Waals surface area contributed by atoms with Crippen molar-refractivity contribution < 1.29 is 14.3 Å². The SMILES string of the molecule is Cc1nn(C)c(C)c1C(C)C(=O)N1CCC(O)(c2ccc(F)cc2)C1. The second-order valence-corrected chi connectivity index (χ2v) is 6.98.